The highest BCUT2D eigenvalue weighted by atomic mass is 32.2. The van der Waals surface area contributed by atoms with Crippen LogP contribution in [0.4, 0.5) is 0 Å². The molecular formula is C16H26N4O3S. The van der Waals surface area contributed by atoms with Gasteiger partial charge in [-0.25, -0.2) is 0 Å². The van der Waals surface area contributed by atoms with Crippen molar-refractivity contribution in [3.63, 3.8) is 0 Å². The van der Waals surface area contributed by atoms with Crippen LogP contribution in [0.5, 0.6) is 0 Å². The SMILES string of the molecule is CCCCN(C)S(=O)(=O)N1CCC(NC(=O)c2cccnc2)CC1. The van der Waals surface area contributed by atoms with Gasteiger partial charge in [0, 0.05) is 45.1 Å². The number of rotatable bonds is 7. The van der Waals surface area contributed by atoms with Crippen molar-refractivity contribution in [2.75, 3.05) is 26.7 Å². The third-order valence-corrected chi connectivity index (χ3v) is 6.25. The molecule has 1 fully saturated rings. The molecule has 0 unspecified atom stereocenters. The van der Waals surface area contributed by atoms with E-state index in [1.807, 2.05) is 6.92 Å². The van der Waals surface area contributed by atoms with Crippen molar-refractivity contribution in [1.29, 1.82) is 0 Å². The lowest BCUT2D eigenvalue weighted by Crippen LogP contribution is -2.50. The first-order chi connectivity index (χ1) is 11.4. The molecule has 1 aromatic heterocycles. The van der Waals surface area contributed by atoms with Crippen molar-refractivity contribution in [3.8, 4) is 0 Å². The summed E-state index contributed by atoms with van der Waals surface area (Å²) < 4.78 is 27.9. The summed E-state index contributed by atoms with van der Waals surface area (Å²) >= 11 is 0. The second-order valence-electron chi connectivity index (χ2n) is 6.07. The minimum absolute atomic E-state index is 0.00916. The molecule has 0 radical (unpaired) electrons. The van der Waals surface area contributed by atoms with Crippen LogP contribution < -0.4 is 5.32 Å². The summed E-state index contributed by atoms with van der Waals surface area (Å²) in [7, 11) is -1.77. The van der Waals surface area contributed by atoms with E-state index in [0.717, 1.165) is 12.8 Å². The minimum Gasteiger partial charge on any atom is -0.349 e. The maximum Gasteiger partial charge on any atom is 0.281 e. The Labute approximate surface area is 144 Å². The van der Waals surface area contributed by atoms with E-state index in [1.165, 1.54) is 14.8 Å². The lowest BCUT2D eigenvalue weighted by molar-refractivity contribution is 0.0923. The number of nitrogens with zero attached hydrogens (tertiary/aromatic N) is 3. The van der Waals surface area contributed by atoms with Gasteiger partial charge in [-0.15, -0.1) is 0 Å². The number of nitrogens with one attached hydrogen (secondary N) is 1. The van der Waals surface area contributed by atoms with Crippen LogP contribution in [0, 0.1) is 0 Å². The molecule has 0 atom stereocenters. The van der Waals surface area contributed by atoms with Crippen LogP contribution >= 0.6 is 0 Å². The van der Waals surface area contributed by atoms with Gasteiger partial charge in [-0.3, -0.25) is 9.78 Å². The molecular weight excluding hydrogens is 328 g/mol. The highest BCUT2D eigenvalue weighted by Gasteiger charge is 2.31. The van der Waals surface area contributed by atoms with E-state index in [2.05, 4.69) is 10.3 Å². The summed E-state index contributed by atoms with van der Waals surface area (Å²) in [5.41, 5.74) is 0.520. The summed E-state index contributed by atoms with van der Waals surface area (Å²) in [5, 5.41) is 2.96. The zero-order chi connectivity index (χ0) is 17.6. The van der Waals surface area contributed by atoms with E-state index in [0.29, 0.717) is 38.0 Å². The number of hydrogen-bond donors (Lipinski definition) is 1. The molecule has 134 valence electrons. The second-order valence-corrected chi connectivity index (χ2v) is 8.11. The fourth-order valence-electron chi connectivity index (χ4n) is 2.69. The van der Waals surface area contributed by atoms with E-state index in [1.54, 1.807) is 25.4 Å². The van der Waals surface area contributed by atoms with Gasteiger partial charge in [0.1, 0.15) is 0 Å². The number of carbonyl (C=O) groups is 1. The van der Waals surface area contributed by atoms with Gasteiger partial charge in [0.05, 0.1) is 5.56 Å². The number of piperidine rings is 1. The first-order valence-corrected chi connectivity index (χ1v) is 9.77. The van der Waals surface area contributed by atoms with Crippen molar-refractivity contribution in [2.24, 2.45) is 0 Å². The molecule has 1 aliphatic heterocycles. The average molecular weight is 354 g/mol. The average Bonchev–Trinajstić information content (AvgIpc) is 2.60. The fourth-order valence-corrected chi connectivity index (χ4v) is 4.12. The summed E-state index contributed by atoms with van der Waals surface area (Å²) in [5.74, 6) is -0.163. The van der Waals surface area contributed by atoms with Gasteiger partial charge in [-0.1, -0.05) is 13.3 Å². The van der Waals surface area contributed by atoms with E-state index in [-0.39, 0.29) is 11.9 Å². The highest BCUT2D eigenvalue weighted by Crippen LogP contribution is 2.17. The Balaban J connectivity index is 1.86. The highest BCUT2D eigenvalue weighted by molar-refractivity contribution is 7.86. The maximum atomic E-state index is 12.5. The Morgan fingerprint density at radius 2 is 2.12 bits per heavy atom. The van der Waals surface area contributed by atoms with Gasteiger partial charge in [-0.2, -0.15) is 17.0 Å². The predicted octanol–water partition coefficient (Wildman–Crippen LogP) is 1.25. The smallest absolute Gasteiger partial charge is 0.281 e. The van der Waals surface area contributed by atoms with Crippen molar-refractivity contribution in [2.45, 2.75) is 38.6 Å². The number of pyridine rings is 1. The van der Waals surface area contributed by atoms with E-state index in [9.17, 15) is 13.2 Å². The van der Waals surface area contributed by atoms with Gasteiger partial charge in [0.25, 0.3) is 16.1 Å². The lowest BCUT2D eigenvalue weighted by Gasteiger charge is -2.34. The molecule has 8 heteroatoms. The minimum atomic E-state index is -3.39. The van der Waals surface area contributed by atoms with Crippen LogP contribution in [0.1, 0.15) is 43.0 Å². The van der Waals surface area contributed by atoms with E-state index < -0.39 is 10.2 Å². The van der Waals surface area contributed by atoms with Crippen LogP contribution in [0.25, 0.3) is 0 Å². The van der Waals surface area contributed by atoms with Gasteiger partial charge in [0.2, 0.25) is 0 Å². The second kappa shape index (κ2) is 8.55. The Bertz CT molecular complexity index is 628. The van der Waals surface area contributed by atoms with Crippen molar-refractivity contribution < 1.29 is 13.2 Å². The molecule has 1 saturated heterocycles. The van der Waals surface area contributed by atoms with Crippen LogP contribution in [0.2, 0.25) is 0 Å². The summed E-state index contributed by atoms with van der Waals surface area (Å²) in [4.78, 5) is 16.1. The van der Waals surface area contributed by atoms with E-state index >= 15 is 0 Å². The molecule has 1 aliphatic rings. The van der Waals surface area contributed by atoms with Gasteiger partial charge >= 0.3 is 0 Å². The summed E-state index contributed by atoms with van der Waals surface area (Å²) in [6.45, 7) is 3.43. The summed E-state index contributed by atoms with van der Waals surface area (Å²) in [6, 6.07) is 3.42. The standard InChI is InChI=1S/C16H26N4O3S/c1-3-4-10-19(2)24(22,23)20-11-7-15(8-12-20)18-16(21)14-6-5-9-17-13-14/h5-6,9,13,15H,3-4,7-8,10-12H2,1-2H3,(H,18,21). The molecule has 2 heterocycles. The van der Waals surface area contributed by atoms with Crippen LogP contribution in [-0.2, 0) is 10.2 Å². The van der Waals surface area contributed by atoms with Crippen LogP contribution in [0.15, 0.2) is 24.5 Å². The number of hydrogen-bond acceptors (Lipinski definition) is 4. The number of aromatic nitrogens is 1. The molecule has 1 amide bonds. The molecule has 0 aromatic carbocycles. The molecule has 0 spiro atoms. The third-order valence-electron chi connectivity index (χ3n) is 4.26. The predicted molar refractivity (Wildman–Crippen MR) is 92.8 cm³/mol. The molecule has 0 bridgehead atoms. The van der Waals surface area contributed by atoms with Crippen molar-refractivity contribution in [3.05, 3.63) is 30.1 Å². The molecule has 1 aromatic rings. The fraction of sp³-hybridized carbons (Fsp3) is 0.625. The van der Waals surface area contributed by atoms with Crippen molar-refractivity contribution in [1.82, 2.24) is 18.9 Å². The normalized spacial score (nSPS) is 17.1. The zero-order valence-electron chi connectivity index (χ0n) is 14.3. The molecule has 0 aliphatic carbocycles. The maximum absolute atomic E-state index is 12.5. The summed E-state index contributed by atoms with van der Waals surface area (Å²) in [6.07, 6.45) is 6.20. The molecule has 24 heavy (non-hydrogen) atoms. The number of unbranched alkanes of at least 4 members (excludes halogenated alkanes) is 1. The first kappa shape index (κ1) is 18.8. The monoisotopic (exact) mass is 354 g/mol. The van der Waals surface area contributed by atoms with E-state index in [4.69, 9.17) is 0 Å². The number of amides is 1. The van der Waals surface area contributed by atoms with Crippen molar-refractivity contribution >= 4 is 16.1 Å². The third kappa shape index (κ3) is 4.75. The van der Waals surface area contributed by atoms with Gasteiger partial charge in [0.15, 0.2) is 0 Å². The quantitative estimate of drug-likeness (QED) is 0.799. The molecule has 2 rings (SSSR count). The molecule has 1 N–H and O–H groups in total. The van der Waals surface area contributed by atoms with Gasteiger partial charge < -0.3 is 5.32 Å². The van der Waals surface area contributed by atoms with Crippen LogP contribution in [-0.4, -0.2) is 60.6 Å². The zero-order valence-corrected chi connectivity index (χ0v) is 15.1. The Morgan fingerprint density at radius 1 is 1.42 bits per heavy atom. The molecule has 0 saturated carbocycles. The lowest BCUT2D eigenvalue weighted by atomic mass is 10.1. The Morgan fingerprint density at radius 3 is 2.71 bits per heavy atom. The largest absolute Gasteiger partial charge is 0.349 e. The Kier molecular flexibility index (Phi) is 6.70. The Hall–Kier alpha value is -1.51. The number of carbonyl (C=O) groups excluding carboxylic acids is 1. The first-order valence-electron chi connectivity index (χ1n) is 8.37. The topological polar surface area (TPSA) is 82.6 Å². The van der Waals surface area contributed by atoms with Crippen LogP contribution in [0.3, 0.4) is 0 Å². The molecule has 7 nitrogen and oxygen atoms in total. The van der Waals surface area contributed by atoms with Gasteiger partial charge in [-0.05, 0) is 31.4 Å².